The second kappa shape index (κ2) is 8.34. The van der Waals surface area contributed by atoms with Gasteiger partial charge in [-0.15, -0.1) is 0 Å². The van der Waals surface area contributed by atoms with Gasteiger partial charge in [0.2, 0.25) is 5.91 Å². The number of benzene rings is 2. The van der Waals surface area contributed by atoms with Gasteiger partial charge in [0.1, 0.15) is 12.4 Å². The maximum absolute atomic E-state index is 13.3. The lowest BCUT2D eigenvalue weighted by Gasteiger charge is -2.32. The Labute approximate surface area is 181 Å². The number of hydrogen-bond acceptors (Lipinski definition) is 6. The molecular weight excluding hydrogens is 398 g/mol. The Kier molecular flexibility index (Phi) is 5.59. The van der Waals surface area contributed by atoms with Crippen LogP contribution in [0.3, 0.4) is 0 Å². The number of nitrogens with zero attached hydrogens (tertiary/aromatic N) is 1. The predicted octanol–water partition coefficient (Wildman–Crippen LogP) is 3.61. The number of esters is 1. The summed E-state index contributed by atoms with van der Waals surface area (Å²) in [5.41, 5.74) is 3.64. The van der Waals surface area contributed by atoms with E-state index < -0.39 is 11.9 Å². The molecule has 0 N–H and O–H groups in total. The van der Waals surface area contributed by atoms with Crippen LogP contribution in [-0.4, -0.2) is 39.8 Å². The topological polar surface area (TPSA) is 74.3 Å². The maximum atomic E-state index is 13.3. The number of carbonyl (C=O) groups is 2. The summed E-state index contributed by atoms with van der Waals surface area (Å²) in [4.78, 5) is 27.6. The maximum Gasteiger partial charge on any atom is 0.336 e. The first-order valence-electron chi connectivity index (χ1n) is 10.1. The van der Waals surface area contributed by atoms with Gasteiger partial charge < -0.3 is 18.9 Å². The van der Waals surface area contributed by atoms with Crippen LogP contribution in [0.5, 0.6) is 17.2 Å². The van der Waals surface area contributed by atoms with Crippen molar-refractivity contribution in [2.45, 2.75) is 25.7 Å². The summed E-state index contributed by atoms with van der Waals surface area (Å²) in [5, 5.41) is 0. The number of ether oxygens (including phenoxy) is 4. The molecule has 1 unspecified atom stereocenters. The fourth-order valence-electron chi connectivity index (χ4n) is 4.23. The van der Waals surface area contributed by atoms with Crippen molar-refractivity contribution < 1.29 is 28.5 Å². The fourth-order valence-corrected chi connectivity index (χ4v) is 4.23. The smallest absolute Gasteiger partial charge is 0.336 e. The number of hydrogen-bond donors (Lipinski definition) is 0. The molecule has 2 aromatic rings. The van der Waals surface area contributed by atoms with Crippen LogP contribution in [0.2, 0.25) is 0 Å². The number of rotatable bonds is 6. The van der Waals surface area contributed by atoms with Crippen molar-refractivity contribution in [3.05, 3.63) is 58.8 Å². The number of carbonyl (C=O) groups excluding carboxylic acids is 2. The third-order valence-corrected chi connectivity index (χ3v) is 5.83. The highest BCUT2D eigenvalue weighted by molar-refractivity contribution is 6.06. The van der Waals surface area contributed by atoms with Gasteiger partial charge in [0.15, 0.2) is 11.5 Å². The van der Waals surface area contributed by atoms with Gasteiger partial charge in [0.05, 0.1) is 32.6 Å². The first-order valence-corrected chi connectivity index (χ1v) is 10.1. The average Bonchev–Trinajstić information content (AvgIpc) is 3.18. The highest BCUT2D eigenvalue weighted by Crippen LogP contribution is 2.47. The van der Waals surface area contributed by atoms with Crippen molar-refractivity contribution >= 4 is 17.6 Å². The normalized spacial score (nSPS) is 18.1. The molecule has 2 aliphatic heterocycles. The number of cyclic esters (lactones) is 1. The summed E-state index contributed by atoms with van der Waals surface area (Å²) in [7, 11) is 4.62. The number of aryl methyl sites for hydroxylation is 1. The van der Waals surface area contributed by atoms with E-state index in [0.29, 0.717) is 34.1 Å². The minimum absolute atomic E-state index is 0.0571. The summed E-state index contributed by atoms with van der Waals surface area (Å²) >= 11 is 0. The number of amides is 1. The lowest BCUT2D eigenvalue weighted by atomic mass is 9.83. The molecule has 2 aliphatic rings. The summed E-state index contributed by atoms with van der Waals surface area (Å²) < 4.78 is 21.7. The van der Waals surface area contributed by atoms with Crippen molar-refractivity contribution in [3.8, 4) is 17.2 Å². The van der Waals surface area contributed by atoms with E-state index in [1.807, 2.05) is 24.3 Å². The summed E-state index contributed by atoms with van der Waals surface area (Å²) in [6, 6.07) is 11.3. The molecule has 2 heterocycles. The molecule has 0 fully saturated rings. The summed E-state index contributed by atoms with van der Waals surface area (Å²) in [5.74, 6) is 0.492. The Morgan fingerprint density at radius 3 is 2.23 bits per heavy atom. The van der Waals surface area contributed by atoms with Crippen LogP contribution in [0.15, 0.2) is 47.7 Å². The molecule has 0 bridgehead atoms. The highest BCUT2D eigenvalue weighted by atomic mass is 16.5. The van der Waals surface area contributed by atoms with Crippen molar-refractivity contribution in [1.29, 1.82) is 0 Å². The SMILES string of the molecule is CCc1ccc(N2C(=O)CC(c3cc(OC)c(OC)cc3OC)C3=C2COC3=O)cc1. The van der Waals surface area contributed by atoms with Gasteiger partial charge in [0, 0.05) is 29.7 Å². The third kappa shape index (κ3) is 3.50. The first-order chi connectivity index (χ1) is 15.0. The van der Waals surface area contributed by atoms with E-state index in [2.05, 4.69) is 6.92 Å². The molecule has 7 heteroatoms. The van der Waals surface area contributed by atoms with Gasteiger partial charge in [-0.05, 0) is 30.2 Å². The zero-order valence-electron chi connectivity index (χ0n) is 18.1. The molecule has 0 aromatic heterocycles. The van der Waals surface area contributed by atoms with Crippen LogP contribution in [0, 0.1) is 0 Å². The molecule has 0 saturated heterocycles. The van der Waals surface area contributed by atoms with Crippen LogP contribution in [0.1, 0.15) is 30.4 Å². The van der Waals surface area contributed by atoms with Crippen molar-refractivity contribution in [2.24, 2.45) is 0 Å². The highest BCUT2D eigenvalue weighted by Gasteiger charge is 2.44. The Hall–Kier alpha value is -3.48. The lowest BCUT2D eigenvalue weighted by Crippen LogP contribution is -2.37. The standard InChI is InChI=1S/C24H25NO6/c1-5-14-6-8-15(9-7-14)25-18-13-31-24(27)23(18)17(11-22(25)26)16-10-20(29-3)21(30-4)12-19(16)28-2/h6-10,12,17H,5,11,13H2,1-4H3. The van der Waals surface area contributed by atoms with Crippen LogP contribution in [-0.2, 0) is 20.7 Å². The Morgan fingerprint density at radius 2 is 1.61 bits per heavy atom. The lowest BCUT2D eigenvalue weighted by molar-refractivity contribution is -0.136. The molecule has 1 amide bonds. The average molecular weight is 423 g/mol. The van der Waals surface area contributed by atoms with E-state index in [1.165, 1.54) is 19.8 Å². The Bertz CT molecular complexity index is 1060. The Morgan fingerprint density at radius 1 is 0.968 bits per heavy atom. The van der Waals surface area contributed by atoms with Crippen LogP contribution < -0.4 is 19.1 Å². The predicted molar refractivity (Wildman–Crippen MR) is 115 cm³/mol. The molecule has 7 nitrogen and oxygen atoms in total. The minimum atomic E-state index is -0.501. The summed E-state index contributed by atoms with van der Waals surface area (Å²) in [6.45, 7) is 2.13. The number of anilines is 1. The zero-order chi connectivity index (χ0) is 22.1. The van der Waals surface area contributed by atoms with Crippen LogP contribution in [0.25, 0.3) is 0 Å². The number of methoxy groups -OCH3 is 3. The van der Waals surface area contributed by atoms with E-state index in [9.17, 15) is 9.59 Å². The van der Waals surface area contributed by atoms with Crippen molar-refractivity contribution in [2.75, 3.05) is 32.8 Å². The second-order valence-corrected chi connectivity index (χ2v) is 7.39. The monoisotopic (exact) mass is 423 g/mol. The van der Waals surface area contributed by atoms with Gasteiger partial charge >= 0.3 is 5.97 Å². The molecule has 1 atom stereocenters. The molecule has 0 spiro atoms. The van der Waals surface area contributed by atoms with Crippen molar-refractivity contribution in [3.63, 3.8) is 0 Å². The van der Waals surface area contributed by atoms with Gasteiger partial charge in [-0.2, -0.15) is 0 Å². The summed E-state index contributed by atoms with van der Waals surface area (Å²) in [6.07, 6.45) is 1.01. The fraction of sp³-hybridized carbons (Fsp3) is 0.333. The molecule has 31 heavy (non-hydrogen) atoms. The van der Waals surface area contributed by atoms with E-state index in [1.54, 1.807) is 24.1 Å². The van der Waals surface area contributed by atoms with Gasteiger partial charge in [0.25, 0.3) is 0 Å². The molecule has 0 aliphatic carbocycles. The van der Waals surface area contributed by atoms with Gasteiger partial charge in [-0.3, -0.25) is 9.69 Å². The van der Waals surface area contributed by atoms with E-state index in [4.69, 9.17) is 18.9 Å². The van der Waals surface area contributed by atoms with E-state index >= 15 is 0 Å². The van der Waals surface area contributed by atoms with E-state index in [-0.39, 0.29) is 18.9 Å². The third-order valence-electron chi connectivity index (χ3n) is 5.83. The molecule has 2 aromatic carbocycles. The minimum Gasteiger partial charge on any atom is -0.496 e. The van der Waals surface area contributed by atoms with Gasteiger partial charge in [-0.25, -0.2) is 4.79 Å². The molecule has 162 valence electrons. The second-order valence-electron chi connectivity index (χ2n) is 7.39. The molecule has 4 rings (SSSR count). The van der Waals surface area contributed by atoms with Gasteiger partial charge in [-0.1, -0.05) is 19.1 Å². The molecule has 0 saturated carbocycles. The largest absolute Gasteiger partial charge is 0.496 e. The Balaban J connectivity index is 1.84. The first kappa shape index (κ1) is 20.8. The quantitative estimate of drug-likeness (QED) is 0.661. The molecular formula is C24H25NO6. The van der Waals surface area contributed by atoms with E-state index in [0.717, 1.165) is 12.1 Å². The van der Waals surface area contributed by atoms with Crippen LogP contribution >= 0.6 is 0 Å². The zero-order valence-corrected chi connectivity index (χ0v) is 18.1. The van der Waals surface area contributed by atoms with Crippen molar-refractivity contribution in [1.82, 2.24) is 0 Å². The van der Waals surface area contributed by atoms with Crippen LogP contribution in [0.4, 0.5) is 5.69 Å². The molecule has 0 radical (unpaired) electrons.